The van der Waals surface area contributed by atoms with Crippen LogP contribution in [-0.2, 0) is 4.79 Å². The van der Waals surface area contributed by atoms with Crippen molar-refractivity contribution in [3.63, 3.8) is 0 Å². The summed E-state index contributed by atoms with van der Waals surface area (Å²) in [6, 6.07) is 13.9. The topological polar surface area (TPSA) is 54.6 Å². The zero-order valence-corrected chi connectivity index (χ0v) is 16.4. The standard InChI is InChI=1S/C23H24N2O3/c1-4-11-25-14-18(15-9-10-20(27-2)21(12-15)28-3)22(23(25)26)17-13-24-19-8-6-5-7-16(17)19/h5-10,12-13,24H,4,11,14H2,1-3H3. The smallest absolute Gasteiger partial charge is 0.255 e. The van der Waals surface area contributed by atoms with E-state index in [1.54, 1.807) is 14.2 Å². The zero-order chi connectivity index (χ0) is 19.7. The summed E-state index contributed by atoms with van der Waals surface area (Å²) in [6.45, 7) is 3.42. The second-order valence-electron chi connectivity index (χ2n) is 6.90. The quantitative estimate of drug-likeness (QED) is 0.696. The predicted octanol–water partition coefficient (Wildman–Crippen LogP) is 4.35. The molecule has 0 saturated carbocycles. The number of methoxy groups -OCH3 is 2. The molecular formula is C23H24N2O3. The highest BCUT2D eigenvalue weighted by molar-refractivity contribution is 6.32. The van der Waals surface area contributed by atoms with Crippen LogP contribution in [0, 0.1) is 0 Å². The third-order valence-corrected chi connectivity index (χ3v) is 5.24. The van der Waals surface area contributed by atoms with Crippen molar-refractivity contribution < 1.29 is 14.3 Å². The lowest BCUT2D eigenvalue weighted by Crippen LogP contribution is -2.27. The number of nitrogens with one attached hydrogen (secondary N) is 1. The molecular weight excluding hydrogens is 352 g/mol. The fourth-order valence-corrected chi connectivity index (χ4v) is 3.90. The Morgan fingerprint density at radius 1 is 1.07 bits per heavy atom. The first-order chi connectivity index (χ1) is 13.7. The molecule has 1 aliphatic heterocycles. The first kappa shape index (κ1) is 18.2. The molecule has 0 aliphatic carbocycles. The number of fused-ring (bicyclic) bond motifs is 1. The summed E-state index contributed by atoms with van der Waals surface area (Å²) >= 11 is 0. The minimum Gasteiger partial charge on any atom is -0.493 e. The van der Waals surface area contributed by atoms with E-state index in [4.69, 9.17) is 9.47 Å². The van der Waals surface area contributed by atoms with Crippen LogP contribution >= 0.6 is 0 Å². The van der Waals surface area contributed by atoms with Gasteiger partial charge in [0, 0.05) is 35.8 Å². The highest BCUT2D eigenvalue weighted by Gasteiger charge is 2.33. The Morgan fingerprint density at radius 2 is 1.86 bits per heavy atom. The van der Waals surface area contributed by atoms with Gasteiger partial charge in [-0.1, -0.05) is 31.2 Å². The Bertz CT molecular complexity index is 1060. The van der Waals surface area contributed by atoms with Crippen molar-refractivity contribution in [3.05, 3.63) is 59.8 Å². The first-order valence-corrected chi connectivity index (χ1v) is 9.49. The molecule has 28 heavy (non-hydrogen) atoms. The van der Waals surface area contributed by atoms with Crippen molar-refractivity contribution >= 4 is 28.0 Å². The summed E-state index contributed by atoms with van der Waals surface area (Å²) in [5, 5.41) is 1.06. The number of carbonyl (C=O) groups excluding carboxylic acids is 1. The molecule has 1 aromatic heterocycles. The summed E-state index contributed by atoms with van der Waals surface area (Å²) in [7, 11) is 3.25. The molecule has 0 bridgehead atoms. The van der Waals surface area contributed by atoms with E-state index in [-0.39, 0.29) is 5.91 Å². The summed E-state index contributed by atoms with van der Waals surface area (Å²) < 4.78 is 10.8. The molecule has 0 fully saturated rings. The summed E-state index contributed by atoms with van der Waals surface area (Å²) in [6.07, 6.45) is 2.86. The van der Waals surface area contributed by atoms with Gasteiger partial charge in [-0.2, -0.15) is 0 Å². The van der Waals surface area contributed by atoms with E-state index in [9.17, 15) is 4.79 Å². The summed E-state index contributed by atoms with van der Waals surface area (Å²) in [5.41, 5.74) is 4.73. The number of carbonyl (C=O) groups is 1. The second kappa shape index (κ2) is 7.43. The van der Waals surface area contributed by atoms with Gasteiger partial charge >= 0.3 is 0 Å². The molecule has 3 aromatic rings. The number of rotatable bonds is 6. The first-order valence-electron chi connectivity index (χ1n) is 9.49. The number of aromatic amines is 1. The molecule has 1 amide bonds. The minimum atomic E-state index is 0.0800. The molecule has 5 heteroatoms. The molecule has 144 valence electrons. The van der Waals surface area contributed by atoms with E-state index in [0.29, 0.717) is 18.0 Å². The van der Waals surface area contributed by atoms with Crippen molar-refractivity contribution in [1.29, 1.82) is 0 Å². The van der Waals surface area contributed by atoms with Crippen LogP contribution in [0.4, 0.5) is 0 Å². The summed E-state index contributed by atoms with van der Waals surface area (Å²) in [4.78, 5) is 18.5. The highest BCUT2D eigenvalue weighted by Crippen LogP contribution is 2.40. The monoisotopic (exact) mass is 376 g/mol. The molecule has 5 nitrogen and oxygen atoms in total. The van der Waals surface area contributed by atoms with Crippen molar-refractivity contribution in [2.45, 2.75) is 13.3 Å². The third kappa shape index (κ3) is 2.93. The van der Waals surface area contributed by atoms with Crippen LogP contribution in [0.15, 0.2) is 48.7 Å². The average Bonchev–Trinajstić information content (AvgIpc) is 3.29. The molecule has 0 spiro atoms. The van der Waals surface area contributed by atoms with Gasteiger partial charge in [0.2, 0.25) is 0 Å². The molecule has 0 atom stereocenters. The fourth-order valence-electron chi connectivity index (χ4n) is 3.90. The van der Waals surface area contributed by atoms with Gasteiger partial charge < -0.3 is 19.4 Å². The lowest BCUT2D eigenvalue weighted by atomic mass is 9.96. The number of ether oxygens (including phenoxy) is 2. The molecule has 1 N–H and O–H groups in total. The number of hydrogen-bond donors (Lipinski definition) is 1. The van der Waals surface area contributed by atoms with Crippen LogP contribution in [0.1, 0.15) is 24.5 Å². The van der Waals surface area contributed by atoms with Crippen LogP contribution in [0.2, 0.25) is 0 Å². The Balaban J connectivity index is 1.90. The Kier molecular flexibility index (Phi) is 4.82. The van der Waals surface area contributed by atoms with E-state index >= 15 is 0 Å². The van der Waals surface area contributed by atoms with Crippen molar-refractivity contribution in [1.82, 2.24) is 9.88 Å². The third-order valence-electron chi connectivity index (χ3n) is 5.24. The molecule has 2 heterocycles. The van der Waals surface area contributed by atoms with Gasteiger partial charge in [0.1, 0.15) is 0 Å². The van der Waals surface area contributed by atoms with Gasteiger partial charge in [-0.05, 0) is 35.8 Å². The largest absolute Gasteiger partial charge is 0.493 e. The van der Waals surface area contributed by atoms with Crippen LogP contribution in [-0.4, -0.2) is 43.1 Å². The highest BCUT2D eigenvalue weighted by atomic mass is 16.5. The number of amides is 1. The normalized spacial score (nSPS) is 14.2. The van der Waals surface area contributed by atoms with Gasteiger partial charge in [-0.25, -0.2) is 0 Å². The van der Waals surface area contributed by atoms with Crippen LogP contribution < -0.4 is 9.47 Å². The number of benzene rings is 2. The van der Waals surface area contributed by atoms with E-state index in [0.717, 1.165) is 46.1 Å². The van der Waals surface area contributed by atoms with Crippen molar-refractivity contribution in [2.75, 3.05) is 27.3 Å². The number of nitrogens with zero attached hydrogens (tertiary/aromatic N) is 1. The van der Waals surface area contributed by atoms with Gasteiger partial charge in [-0.15, -0.1) is 0 Å². The minimum absolute atomic E-state index is 0.0800. The molecule has 2 aromatic carbocycles. The maximum absolute atomic E-state index is 13.3. The van der Waals surface area contributed by atoms with Gasteiger partial charge in [0.05, 0.1) is 19.8 Å². The summed E-state index contributed by atoms with van der Waals surface area (Å²) in [5.74, 6) is 1.42. The predicted molar refractivity (Wildman–Crippen MR) is 112 cm³/mol. The number of para-hydroxylation sites is 1. The van der Waals surface area contributed by atoms with Crippen LogP contribution in [0.25, 0.3) is 22.0 Å². The number of hydrogen-bond acceptors (Lipinski definition) is 3. The van der Waals surface area contributed by atoms with E-state index in [1.165, 1.54) is 0 Å². The molecule has 1 aliphatic rings. The molecule has 0 unspecified atom stereocenters. The molecule has 0 radical (unpaired) electrons. The molecule has 4 rings (SSSR count). The van der Waals surface area contributed by atoms with Crippen LogP contribution in [0.5, 0.6) is 11.5 Å². The van der Waals surface area contributed by atoms with Gasteiger partial charge in [0.15, 0.2) is 11.5 Å². The maximum Gasteiger partial charge on any atom is 0.255 e. The Hall–Kier alpha value is -3.21. The SMILES string of the molecule is CCCN1CC(c2ccc(OC)c(OC)c2)=C(c2c[nH]c3ccccc23)C1=O. The second-order valence-corrected chi connectivity index (χ2v) is 6.90. The van der Waals surface area contributed by atoms with Crippen LogP contribution in [0.3, 0.4) is 0 Å². The number of H-pyrrole nitrogens is 1. The van der Waals surface area contributed by atoms with Crippen molar-refractivity contribution in [3.8, 4) is 11.5 Å². The lowest BCUT2D eigenvalue weighted by molar-refractivity contribution is -0.123. The van der Waals surface area contributed by atoms with E-state index in [1.807, 2.05) is 47.5 Å². The fraction of sp³-hybridized carbons (Fsp3) is 0.261. The van der Waals surface area contributed by atoms with Crippen molar-refractivity contribution in [2.24, 2.45) is 0 Å². The number of aromatic nitrogens is 1. The van der Waals surface area contributed by atoms with Gasteiger partial charge in [0.25, 0.3) is 5.91 Å². The lowest BCUT2D eigenvalue weighted by Gasteiger charge is -2.15. The molecule has 0 saturated heterocycles. The van der Waals surface area contributed by atoms with E-state index < -0.39 is 0 Å². The van der Waals surface area contributed by atoms with E-state index in [2.05, 4.69) is 18.0 Å². The Labute approximate surface area is 164 Å². The van der Waals surface area contributed by atoms with Gasteiger partial charge in [-0.3, -0.25) is 4.79 Å². The average molecular weight is 376 g/mol. The maximum atomic E-state index is 13.3. The zero-order valence-electron chi connectivity index (χ0n) is 16.4. The Morgan fingerprint density at radius 3 is 2.61 bits per heavy atom.